The highest BCUT2D eigenvalue weighted by molar-refractivity contribution is 5.79. The number of halogens is 1. The molecule has 116 valence electrons. The maximum atomic E-state index is 13.7. The topological polar surface area (TPSA) is 50.4 Å². The summed E-state index contributed by atoms with van der Waals surface area (Å²) in [7, 11) is 1.43. The summed E-state index contributed by atoms with van der Waals surface area (Å²) < 4.78 is 18.6. The number of carbonyl (C=O) groups is 1. The Morgan fingerprint density at radius 3 is 2.90 bits per heavy atom. The average molecular weight is 294 g/mol. The van der Waals surface area contributed by atoms with Crippen LogP contribution in [0.25, 0.3) is 0 Å². The minimum atomic E-state index is -0.411. The Balaban J connectivity index is 1.98. The number of nitrogens with one attached hydrogen (secondary N) is 2. The Hall–Kier alpha value is -1.62. The van der Waals surface area contributed by atoms with E-state index in [1.165, 1.54) is 13.2 Å². The Bertz CT molecular complexity index is 507. The molecule has 0 radical (unpaired) electrons. The maximum Gasteiger partial charge on any atom is 0.223 e. The fraction of sp³-hybridized carbons (Fsp3) is 0.562. The third-order valence-corrected chi connectivity index (χ3v) is 4.03. The largest absolute Gasteiger partial charge is 0.494 e. The van der Waals surface area contributed by atoms with Crippen molar-refractivity contribution in [3.8, 4) is 5.75 Å². The summed E-state index contributed by atoms with van der Waals surface area (Å²) in [5.74, 6) is -0.116. The summed E-state index contributed by atoms with van der Waals surface area (Å²) >= 11 is 0. The lowest BCUT2D eigenvalue weighted by Crippen LogP contribution is -2.42. The smallest absolute Gasteiger partial charge is 0.223 e. The zero-order valence-corrected chi connectivity index (χ0v) is 12.8. The van der Waals surface area contributed by atoms with E-state index in [0.29, 0.717) is 6.04 Å². The summed E-state index contributed by atoms with van der Waals surface area (Å²) in [6.07, 6.45) is 1.69. The minimum Gasteiger partial charge on any atom is -0.494 e. The van der Waals surface area contributed by atoms with Crippen molar-refractivity contribution in [2.45, 2.75) is 38.8 Å². The SMILES string of the molecule is COc1ccc(C(C)NC(=O)[C@H]2CCN[C@@H](C)C2)cc1F. The van der Waals surface area contributed by atoms with Crippen LogP contribution in [0.1, 0.15) is 38.3 Å². The zero-order chi connectivity index (χ0) is 15.4. The van der Waals surface area contributed by atoms with Gasteiger partial charge in [-0.05, 0) is 50.9 Å². The molecule has 4 nitrogen and oxygen atoms in total. The lowest BCUT2D eigenvalue weighted by atomic mass is 9.92. The molecule has 1 aliphatic rings. The lowest BCUT2D eigenvalue weighted by molar-refractivity contribution is -0.126. The Morgan fingerprint density at radius 2 is 2.29 bits per heavy atom. The first-order valence-corrected chi connectivity index (χ1v) is 7.38. The fourth-order valence-electron chi connectivity index (χ4n) is 2.74. The van der Waals surface area contributed by atoms with E-state index in [1.807, 2.05) is 6.92 Å². The van der Waals surface area contributed by atoms with Gasteiger partial charge in [-0.25, -0.2) is 4.39 Å². The van der Waals surface area contributed by atoms with E-state index in [4.69, 9.17) is 4.74 Å². The summed E-state index contributed by atoms with van der Waals surface area (Å²) in [4.78, 5) is 12.3. The van der Waals surface area contributed by atoms with E-state index >= 15 is 0 Å². The van der Waals surface area contributed by atoms with Gasteiger partial charge in [-0.1, -0.05) is 6.07 Å². The number of hydrogen-bond donors (Lipinski definition) is 2. The lowest BCUT2D eigenvalue weighted by Gasteiger charge is -2.28. The standard InChI is InChI=1S/C16H23FN2O2/c1-10-8-13(6-7-18-10)16(20)19-11(2)12-4-5-15(21-3)14(17)9-12/h4-5,9-11,13,18H,6-8H2,1-3H3,(H,19,20)/t10-,11?,13-/m0/s1. The quantitative estimate of drug-likeness (QED) is 0.896. The highest BCUT2D eigenvalue weighted by Gasteiger charge is 2.25. The van der Waals surface area contributed by atoms with Crippen LogP contribution in [0, 0.1) is 11.7 Å². The summed E-state index contributed by atoms with van der Waals surface area (Å²) in [6.45, 7) is 4.82. The van der Waals surface area contributed by atoms with Crippen molar-refractivity contribution < 1.29 is 13.9 Å². The molecule has 0 saturated carbocycles. The third kappa shape index (κ3) is 3.94. The molecule has 1 amide bonds. The van der Waals surface area contributed by atoms with Crippen LogP contribution in [0.2, 0.25) is 0 Å². The number of carbonyl (C=O) groups excluding carboxylic acids is 1. The van der Waals surface area contributed by atoms with Gasteiger partial charge >= 0.3 is 0 Å². The van der Waals surface area contributed by atoms with Crippen LogP contribution >= 0.6 is 0 Å². The Morgan fingerprint density at radius 1 is 1.52 bits per heavy atom. The molecule has 0 aromatic heterocycles. The van der Waals surface area contributed by atoms with Gasteiger partial charge in [-0.2, -0.15) is 0 Å². The molecule has 1 fully saturated rings. The molecule has 1 aliphatic heterocycles. The number of hydrogen-bond acceptors (Lipinski definition) is 3. The molecular weight excluding hydrogens is 271 g/mol. The maximum absolute atomic E-state index is 13.7. The molecule has 0 spiro atoms. The molecule has 0 bridgehead atoms. The predicted molar refractivity (Wildman–Crippen MR) is 79.7 cm³/mol. The van der Waals surface area contributed by atoms with Gasteiger partial charge in [0, 0.05) is 12.0 Å². The molecule has 1 aromatic carbocycles. The molecule has 2 N–H and O–H groups in total. The van der Waals surface area contributed by atoms with Crippen molar-refractivity contribution in [3.63, 3.8) is 0 Å². The Labute approximate surface area is 125 Å². The number of amides is 1. The number of ether oxygens (including phenoxy) is 1. The Kier molecular flexibility index (Phi) is 5.17. The van der Waals surface area contributed by atoms with Crippen LogP contribution in [0.5, 0.6) is 5.75 Å². The number of methoxy groups -OCH3 is 1. The van der Waals surface area contributed by atoms with Crippen LogP contribution in [0.4, 0.5) is 4.39 Å². The summed E-state index contributed by atoms with van der Waals surface area (Å²) in [5, 5.41) is 6.31. The van der Waals surface area contributed by atoms with Gasteiger partial charge in [0.1, 0.15) is 0 Å². The van der Waals surface area contributed by atoms with Gasteiger partial charge in [-0.3, -0.25) is 4.79 Å². The number of piperidine rings is 1. The zero-order valence-electron chi connectivity index (χ0n) is 12.8. The van der Waals surface area contributed by atoms with Crippen molar-refractivity contribution in [2.24, 2.45) is 5.92 Å². The second kappa shape index (κ2) is 6.89. The first-order valence-electron chi connectivity index (χ1n) is 7.38. The van der Waals surface area contributed by atoms with Crippen LogP contribution in [-0.4, -0.2) is 25.6 Å². The van der Waals surface area contributed by atoms with E-state index < -0.39 is 5.82 Å². The van der Waals surface area contributed by atoms with Gasteiger partial charge in [0.05, 0.1) is 13.2 Å². The van der Waals surface area contributed by atoms with Gasteiger partial charge in [0.25, 0.3) is 0 Å². The van der Waals surface area contributed by atoms with Gasteiger partial charge in [-0.15, -0.1) is 0 Å². The predicted octanol–water partition coefficient (Wildman–Crippen LogP) is 2.40. The molecule has 5 heteroatoms. The number of benzene rings is 1. The second-order valence-corrected chi connectivity index (χ2v) is 5.70. The summed E-state index contributed by atoms with van der Waals surface area (Å²) in [6, 6.07) is 4.92. The highest BCUT2D eigenvalue weighted by Crippen LogP contribution is 2.23. The normalized spacial score (nSPS) is 23.4. The molecule has 0 aliphatic carbocycles. The van der Waals surface area contributed by atoms with Crippen LogP contribution in [-0.2, 0) is 4.79 Å². The van der Waals surface area contributed by atoms with E-state index in [9.17, 15) is 9.18 Å². The van der Waals surface area contributed by atoms with Crippen molar-refractivity contribution >= 4 is 5.91 Å². The van der Waals surface area contributed by atoms with E-state index in [2.05, 4.69) is 17.6 Å². The third-order valence-electron chi connectivity index (χ3n) is 4.03. The molecular formula is C16H23FN2O2. The van der Waals surface area contributed by atoms with Crippen LogP contribution in [0.3, 0.4) is 0 Å². The van der Waals surface area contributed by atoms with E-state index in [0.717, 1.165) is 24.9 Å². The van der Waals surface area contributed by atoms with E-state index in [1.54, 1.807) is 12.1 Å². The van der Waals surface area contributed by atoms with Crippen LogP contribution in [0.15, 0.2) is 18.2 Å². The van der Waals surface area contributed by atoms with Gasteiger partial charge in [0.2, 0.25) is 5.91 Å². The molecule has 1 heterocycles. The summed E-state index contributed by atoms with van der Waals surface area (Å²) in [5.41, 5.74) is 0.739. The van der Waals surface area contributed by atoms with Crippen molar-refractivity contribution in [2.75, 3.05) is 13.7 Å². The average Bonchev–Trinajstić information content (AvgIpc) is 2.47. The van der Waals surface area contributed by atoms with Crippen molar-refractivity contribution in [3.05, 3.63) is 29.6 Å². The highest BCUT2D eigenvalue weighted by atomic mass is 19.1. The molecule has 21 heavy (non-hydrogen) atoms. The molecule has 3 atom stereocenters. The van der Waals surface area contributed by atoms with Gasteiger partial charge < -0.3 is 15.4 Å². The van der Waals surface area contributed by atoms with Crippen LogP contribution < -0.4 is 15.4 Å². The first-order chi connectivity index (χ1) is 10.0. The first kappa shape index (κ1) is 15.8. The molecule has 1 aromatic rings. The minimum absolute atomic E-state index is 0.0341. The molecule has 1 saturated heterocycles. The molecule has 2 rings (SSSR count). The van der Waals surface area contributed by atoms with Gasteiger partial charge in [0.15, 0.2) is 11.6 Å². The number of rotatable bonds is 4. The second-order valence-electron chi connectivity index (χ2n) is 5.70. The van der Waals surface area contributed by atoms with Crippen molar-refractivity contribution in [1.82, 2.24) is 10.6 Å². The molecule has 1 unspecified atom stereocenters. The fourth-order valence-corrected chi connectivity index (χ4v) is 2.74. The van der Waals surface area contributed by atoms with Crippen molar-refractivity contribution in [1.29, 1.82) is 0 Å². The monoisotopic (exact) mass is 294 g/mol. The van der Waals surface area contributed by atoms with E-state index in [-0.39, 0.29) is 23.6 Å².